The van der Waals surface area contributed by atoms with Crippen molar-refractivity contribution in [2.75, 3.05) is 6.61 Å². The number of rotatable bonds is 6. The second-order valence-corrected chi connectivity index (χ2v) is 8.91. The Morgan fingerprint density at radius 2 is 1.82 bits per heavy atom. The summed E-state index contributed by atoms with van der Waals surface area (Å²) in [7, 11) is -3.64. The molecule has 1 aliphatic heterocycles. The molecule has 4 rings (SSSR count). The van der Waals surface area contributed by atoms with Gasteiger partial charge >= 0.3 is 0 Å². The molecule has 0 amide bonds. The summed E-state index contributed by atoms with van der Waals surface area (Å²) in [4.78, 5) is 0.212. The number of fused-ring (bicyclic) bond motifs is 1. The molecule has 28 heavy (non-hydrogen) atoms. The zero-order valence-corrected chi connectivity index (χ0v) is 16.6. The monoisotopic (exact) mass is 398 g/mol. The molecule has 2 aromatic carbocycles. The first-order valence-corrected chi connectivity index (χ1v) is 10.7. The van der Waals surface area contributed by atoms with Gasteiger partial charge in [-0.05, 0) is 46.9 Å². The Balaban J connectivity index is 1.47. The van der Waals surface area contributed by atoms with E-state index >= 15 is 0 Å². The van der Waals surface area contributed by atoms with Crippen molar-refractivity contribution >= 4 is 10.0 Å². The summed E-state index contributed by atoms with van der Waals surface area (Å²) in [5.41, 5.74) is 4.00. The van der Waals surface area contributed by atoms with Crippen molar-refractivity contribution in [3.05, 3.63) is 65.5 Å². The van der Waals surface area contributed by atoms with Crippen LogP contribution in [0.25, 0.3) is 11.1 Å². The van der Waals surface area contributed by atoms with Crippen LogP contribution in [0.4, 0.5) is 0 Å². The highest BCUT2D eigenvalue weighted by atomic mass is 32.2. The van der Waals surface area contributed by atoms with Crippen molar-refractivity contribution in [3.63, 3.8) is 0 Å². The molecule has 2 heterocycles. The van der Waals surface area contributed by atoms with E-state index in [1.54, 1.807) is 18.2 Å². The molecule has 0 bridgehead atoms. The average molecular weight is 398 g/mol. The molecule has 1 aliphatic rings. The molecule has 7 heteroatoms. The van der Waals surface area contributed by atoms with Gasteiger partial charge in [0.05, 0.1) is 23.7 Å². The van der Waals surface area contributed by atoms with E-state index in [2.05, 4.69) is 15.9 Å². The molecule has 1 N–H and O–H groups in total. The van der Waals surface area contributed by atoms with E-state index in [1.807, 2.05) is 38.1 Å². The molecule has 0 aliphatic carbocycles. The molecule has 1 aromatic heterocycles. The molecule has 0 spiro atoms. The zero-order valence-electron chi connectivity index (χ0n) is 15.8. The van der Waals surface area contributed by atoms with Crippen molar-refractivity contribution in [2.24, 2.45) is 0 Å². The fourth-order valence-corrected chi connectivity index (χ4v) is 4.12. The summed E-state index contributed by atoms with van der Waals surface area (Å²) in [5.74, 6) is 1.65. The number of hydrogen-bond donors (Lipinski definition) is 1. The van der Waals surface area contributed by atoms with Crippen LogP contribution in [0.1, 0.15) is 36.8 Å². The van der Waals surface area contributed by atoms with Crippen molar-refractivity contribution in [1.29, 1.82) is 0 Å². The highest BCUT2D eigenvalue weighted by molar-refractivity contribution is 7.89. The summed E-state index contributed by atoms with van der Waals surface area (Å²) in [5, 5.41) is 3.94. The van der Waals surface area contributed by atoms with Crippen LogP contribution in [0.15, 0.2) is 57.9 Å². The van der Waals surface area contributed by atoms with E-state index in [-0.39, 0.29) is 17.4 Å². The van der Waals surface area contributed by atoms with Crippen LogP contribution in [-0.4, -0.2) is 20.2 Å². The lowest BCUT2D eigenvalue weighted by Gasteiger charge is -2.08. The van der Waals surface area contributed by atoms with Crippen LogP contribution in [0.5, 0.6) is 5.75 Å². The average Bonchev–Trinajstić information content (AvgIpc) is 3.35. The molecular weight excluding hydrogens is 376 g/mol. The van der Waals surface area contributed by atoms with Crippen molar-refractivity contribution in [1.82, 2.24) is 9.88 Å². The third kappa shape index (κ3) is 3.81. The number of nitrogens with zero attached hydrogens (tertiary/aromatic N) is 1. The quantitative estimate of drug-likeness (QED) is 0.681. The molecule has 3 aromatic rings. The van der Waals surface area contributed by atoms with Crippen molar-refractivity contribution in [3.8, 4) is 16.9 Å². The van der Waals surface area contributed by atoms with Gasteiger partial charge in [-0.15, -0.1) is 0 Å². The summed E-state index contributed by atoms with van der Waals surface area (Å²) in [6, 6.07) is 14.7. The first-order chi connectivity index (χ1) is 13.4. The van der Waals surface area contributed by atoms with Crippen LogP contribution in [0.2, 0.25) is 0 Å². The smallest absolute Gasteiger partial charge is 0.240 e. The van der Waals surface area contributed by atoms with E-state index in [4.69, 9.17) is 9.26 Å². The van der Waals surface area contributed by atoms with Gasteiger partial charge in [-0.1, -0.05) is 37.2 Å². The maximum Gasteiger partial charge on any atom is 0.240 e. The largest absolute Gasteiger partial charge is 0.493 e. The lowest BCUT2D eigenvalue weighted by Crippen LogP contribution is -2.22. The minimum atomic E-state index is -3.64. The zero-order chi connectivity index (χ0) is 19.7. The van der Waals surface area contributed by atoms with Crippen molar-refractivity contribution in [2.45, 2.75) is 37.6 Å². The highest BCUT2D eigenvalue weighted by Crippen LogP contribution is 2.30. The van der Waals surface area contributed by atoms with Gasteiger partial charge in [0, 0.05) is 12.5 Å². The van der Waals surface area contributed by atoms with E-state index in [0.29, 0.717) is 12.4 Å². The van der Waals surface area contributed by atoms with E-state index in [9.17, 15) is 8.42 Å². The number of sulfonamides is 1. The summed E-state index contributed by atoms with van der Waals surface area (Å²) < 4.78 is 38.4. The number of nitrogens with one attached hydrogen (secondary N) is 1. The predicted molar refractivity (Wildman–Crippen MR) is 106 cm³/mol. The van der Waals surface area contributed by atoms with Gasteiger partial charge in [-0.2, -0.15) is 0 Å². The predicted octanol–water partition coefficient (Wildman–Crippen LogP) is 3.88. The topological polar surface area (TPSA) is 81.4 Å². The standard InChI is InChI=1S/C21H22N2O4S/c1-14(2)20-12-18(27-23-20)13-22-28(24,25)19-6-3-15(4-7-19)16-5-8-21-17(11-16)9-10-26-21/h3-8,11-12,14,22H,9-10,13H2,1-2H3. The molecule has 0 fully saturated rings. The van der Waals surface area contributed by atoms with Gasteiger partial charge < -0.3 is 9.26 Å². The third-order valence-corrected chi connectivity index (χ3v) is 6.21. The summed E-state index contributed by atoms with van der Waals surface area (Å²) in [6.07, 6.45) is 0.902. The molecule has 0 atom stereocenters. The van der Waals surface area contributed by atoms with Gasteiger partial charge in [0.2, 0.25) is 10.0 Å². The summed E-state index contributed by atoms with van der Waals surface area (Å²) in [6.45, 7) is 4.78. The summed E-state index contributed by atoms with van der Waals surface area (Å²) >= 11 is 0. The second-order valence-electron chi connectivity index (χ2n) is 7.14. The first-order valence-electron chi connectivity index (χ1n) is 9.24. The van der Waals surface area contributed by atoms with E-state index in [1.165, 1.54) is 5.56 Å². The molecular formula is C21H22N2O4S. The van der Waals surface area contributed by atoms with Crippen LogP contribution in [0, 0.1) is 0 Å². The number of hydrogen-bond acceptors (Lipinski definition) is 5. The molecule has 0 radical (unpaired) electrons. The molecule has 0 saturated heterocycles. The fourth-order valence-electron chi connectivity index (χ4n) is 3.13. The SMILES string of the molecule is CC(C)c1cc(CNS(=O)(=O)c2ccc(-c3ccc4c(c3)CCO4)cc2)on1. The Hall–Kier alpha value is -2.64. The second kappa shape index (κ2) is 7.41. The minimum absolute atomic E-state index is 0.0641. The normalized spacial score (nSPS) is 13.5. The molecule has 0 unspecified atom stereocenters. The number of ether oxygens (including phenoxy) is 1. The van der Waals surface area contributed by atoms with Gasteiger partial charge in [-0.25, -0.2) is 13.1 Å². The van der Waals surface area contributed by atoms with Gasteiger partial charge in [0.1, 0.15) is 5.75 Å². The van der Waals surface area contributed by atoms with E-state index < -0.39 is 10.0 Å². The van der Waals surface area contributed by atoms with Crippen LogP contribution >= 0.6 is 0 Å². The van der Waals surface area contributed by atoms with Gasteiger partial charge in [0.15, 0.2) is 5.76 Å². The van der Waals surface area contributed by atoms with E-state index in [0.717, 1.165) is 29.0 Å². The first kappa shape index (κ1) is 18.7. The Labute approximate surface area is 164 Å². The van der Waals surface area contributed by atoms with Gasteiger partial charge in [-0.3, -0.25) is 0 Å². The minimum Gasteiger partial charge on any atom is -0.493 e. The molecule has 0 saturated carbocycles. The van der Waals surface area contributed by atoms with Crippen LogP contribution in [-0.2, 0) is 23.0 Å². The lowest BCUT2D eigenvalue weighted by atomic mass is 10.0. The maximum absolute atomic E-state index is 12.6. The van der Waals surface area contributed by atoms with Crippen molar-refractivity contribution < 1.29 is 17.7 Å². The lowest BCUT2D eigenvalue weighted by molar-refractivity contribution is 0.357. The fraction of sp³-hybridized carbons (Fsp3) is 0.286. The Morgan fingerprint density at radius 3 is 2.54 bits per heavy atom. The highest BCUT2D eigenvalue weighted by Gasteiger charge is 2.17. The number of aromatic nitrogens is 1. The maximum atomic E-state index is 12.6. The Bertz CT molecular complexity index is 1090. The van der Waals surface area contributed by atoms with Gasteiger partial charge in [0.25, 0.3) is 0 Å². The molecule has 146 valence electrons. The van der Waals surface area contributed by atoms with Crippen LogP contribution in [0.3, 0.4) is 0 Å². The number of benzene rings is 2. The Morgan fingerprint density at radius 1 is 1.07 bits per heavy atom. The Kier molecular flexibility index (Phi) is 4.95. The van der Waals surface area contributed by atoms with Crippen LogP contribution < -0.4 is 9.46 Å². The molecule has 6 nitrogen and oxygen atoms in total. The third-order valence-electron chi connectivity index (χ3n) is 4.79.